The van der Waals surface area contributed by atoms with E-state index in [0.29, 0.717) is 13.0 Å². The quantitative estimate of drug-likeness (QED) is 0.509. The predicted molar refractivity (Wildman–Crippen MR) is 65.3 cm³/mol. The lowest BCUT2D eigenvalue weighted by Gasteiger charge is -2.06. The number of benzene rings is 1. The summed E-state index contributed by atoms with van der Waals surface area (Å²) >= 11 is 5.69. The molecule has 18 heavy (non-hydrogen) atoms. The van der Waals surface area contributed by atoms with Crippen LogP contribution in [0.1, 0.15) is 23.7 Å². The molecular weight excluding hydrogens is 263 g/mol. The van der Waals surface area contributed by atoms with E-state index in [1.165, 1.54) is 0 Å². The third kappa shape index (κ3) is 3.96. The third-order valence-corrected chi connectivity index (χ3v) is 2.45. The van der Waals surface area contributed by atoms with Crippen molar-refractivity contribution in [3.63, 3.8) is 0 Å². The predicted octanol–water partition coefficient (Wildman–Crippen LogP) is 2.48. The van der Waals surface area contributed by atoms with Crippen molar-refractivity contribution in [2.45, 2.75) is 18.7 Å². The van der Waals surface area contributed by atoms with Crippen molar-refractivity contribution in [3.05, 3.63) is 39.7 Å². The molecule has 0 saturated heterocycles. The first-order chi connectivity index (χ1) is 8.41. The molecule has 0 spiro atoms. The number of nitrogens with zero attached hydrogens (tertiary/aromatic N) is 1. The summed E-state index contributed by atoms with van der Waals surface area (Å²) in [6.45, 7) is 2.10. The van der Waals surface area contributed by atoms with E-state index in [1.54, 1.807) is 6.92 Å². The topological polar surface area (TPSA) is 72.2 Å². The number of carbonyl (C=O) groups excluding carboxylic acids is 1. The van der Waals surface area contributed by atoms with Gasteiger partial charge in [-0.05, 0) is 19.4 Å². The van der Waals surface area contributed by atoms with E-state index < -0.39 is 22.3 Å². The lowest BCUT2D eigenvalue weighted by Crippen LogP contribution is -2.26. The number of nitro benzene ring substituents is 1. The SMILES string of the molecule is CC(Cl)CCNC(=O)c1ccc([N+](=O)[O-])cc1F. The molecule has 1 aromatic rings. The van der Waals surface area contributed by atoms with E-state index in [1.807, 2.05) is 0 Å². The van der Waals surface area contributed by atoms with Gasteiger partial charge >= 0.3 is 0 Å². The fourth-order valence-corrected chi connectivity index (χ4v) is 1.39. The number of halogens is 2. The first kappa shape index (κ1) is 14.4. The van der Waals surface area contributed by atoms with E-state index in [-0.39, 0.29) is 10.9 Å². The number of hydrogen-bond donors (Lipinski definition) is 1. The molecule has 0 radical (unpaired) electrons. The monoisotopic (exact) mass is 274 g/mol. The second-order valence-electron chi connectivity index (χ2n) is 3.75. The molecule has 0 fully saturated rings. The molecule has 0 heterocycles. The highest BCUT2D eigenvalue weighted by Crippen LogP contribution is 2.16. The van der Waals surface area contributed by atoms with Crippen LogP contribution in [0.2, 0.25) is 0 Å². The van der Waals surface area contributed by atoms with Gasteiger partial charge in [0.2, 0.25) is 0 Å². The number of nitro groups is 1. The van der Waals surface area contributed by atoms with Crippen LogP contribution in [0.5, 0.6) is 0 Å². The molecule has 0 bridgehead atoms. The number of amides is 1. The van der Waals surface area contributed by atoms with Gasteiger partial charge in [-0.15, -0.1) is 11.6 Å². The van der Waals surface area contributed by atoms with Crippen LogP contribution in [0.25, 0.3) is 0 Å². The summed E-state index contributed by atoms with van der Waals surface area (Å²) in [7, 11) is 0. The van der Waals surface area contributed by atoms with E-state index in [2.05, 4.69) is 5.32 Å². The number of alkyl halides is 1. The van der Waals surface area contributed by atoms with Gasteiger partial charge in [0.25, 0.3) is 11.6 Å². The van der Waals surface area contributed by atoms with Crippen LogP contribution in [0.4, 0.5) is 10.1 Å². The summed E-state index contributed by atoms with van der Waals surface area (Å²) in [4.78, 5) is 21.2. The van der Waals surface area contributed by atoms with Gasteiger partial charge in [-0.1, -0.05) is 0 Å². The molecule has 0 saturated carbocycles. The van der Waals surface area contributed by atoms with E-state index in [9.17, 15) is 19.3 Å². The van der Waals surface area contributed by atoms with Crippen molar-refractivity contribution in [1.29, 1.82) is 0 Å². The zero-order valence-electron chi connectivity index (χ0n) is 9.65. The number of nitrogens with one attached hydrogen (secondary N) is 1. The lowest BCUT2D eigenvalue weighted by atomic mass is 10.1. The van der Waals surface area contributed by atoms with Crippen molar-refractivity contribution in [2.75, 3.05) is 6.54 Å². The summed E-state index contributed by atoms with van der Waals surface area (Å²) < 4.78 is 13.5. The summed E-state index contributed by atoms with van der Waals surface area (Å²) in [5, 5.41) is 12.8. The van der Waals surface area contributed by atoms with E-state index >= 15 is 0 Å². The molecular formula is C11H12ClFN2O3. The normalized spacial score (nSPS) is 11.9. The zero-order valence-corrected chi connectivity index (χ0v) is 10.4. The fraction of sp³-hybridized carbons (Fsp3) is 0.364. The minimum atomic E-state index is -0.916. The molecule has 1 unspecified atom stereocenters. The largest absolute Gasteiger partial charge is 0.352 e. The van der Waals surface area contributed by atoms with Crippen LogP contribution in [0.3, 0.4) is 0 Å². The van der Waals surface area contributed by atoms with E-state index in [0.717, 1.165) is 18.2 Å². The van der Waals surface area contributed by atoms with Gasteiger partial charge in [0.15, 0.2) is 0 Å². The third-order valence-electron chi connectivity index (χ3n) is 2.24. The van der Waals surface area contributed by atoms with Gasteiger partial charge in [-0.3, -0.25) is 14.9 Å². The highest BCUT2D eigenvalue weighted by Gasteiger charge is 2.15. The van der Waals surface area contributed by atoms with Gasteiger partial charge in [-0.2, -0.15) is 0 Å². The molecule has 0 aromatic heterocycles. The highest BCUT2D eigenvalue weighted by atomic mass is 35.5. The van der Waals surface area contributed by atoms with Gasteiger partial charge in [-0.25, -0.2) is 4.39 Å². The van der Waals surface area contributed by atoms with Crippen molar-refractivity contribution in [1.82, 2.24) is 5.32 Å². The molecule has 1 N–H and O–H groups in total. The molecule has 0 aliphatic rings. The Kier molecular flexibility index (Phi) is 5.03. The molecule has 0 aliphatic carbocycles. The van der Waals surface area contributed by atoms with Gasteiger partial charge in [0, 0.05) is 18.0 Å². The average molecular weight is 275 g/mol. The number of hydrogen-bond acceptors (Lipinski definition) is 3. The summed E-state index contributed by atoms with van der Waals surface area (Å²) in [6.07, 6.45) is 0.557. The minimum absolute atomic E-state index is 0.0907. The standard InChI is InChI=1S/C11H12ClFN2O3/c1-7(12)4-5-14-11(16)9-3-2-8(15(17)18)6-10(9)13/h2-3,6-7H,4-5H2,1H3,(H,14,16). The maximum Gasteiger partial charge on any atom is 0.272 e. The van der Waals surface area contributed by atoms with Gasteiger partial charge in [0.1, 0.15) is 5.82 Å². The van der Waals surface area contributed by atoms with Crippen LogP contribution in [0, 0.1) is 15.9 Å². The lowest BCUT2D eigenvalue weighted by molar-refractivity contribution is -0.385. The number of rotatable bonds is 5. The van der Waals surface area contributed by atoms with Crippen molar-refractivity contribution < 1.29 is 14.1 Å². The van der Waals surface area contributed by atoms with Crippen LogP contribution in [-0.2, 0) is 0 Å². The van der Waals surface area contributed by atoms with Crippen LogP contribution < -0.4 is 5.32 Å². The number of carbonyl (C=O) groups is 1. The molecule has 1 aromatic carbocycles. The first-order valence-corrected chi connectivity index (χ1v) is 5.71. The Morgan fingerprint density at radius 1 is 1.61 bits per heavy atom. The maximum absolute atomic E-state index is 13.5. The number of non-ortho nitro benzene ring substituents is 1. The summed E-state index contributed by atoms with van der Waals surface area (Å²) in [5.41, 5.74) is -0.610. The summed E-state index contributed by atoms with van der Waals surface area (Å²) in [5.74, 6) is -1.53. The molecule has 1 atom stereocenters. The second-order valence-corrected chi connectivity index (χ2v) is 4.49. The van der Waals surface area contributed by atoms with E-state index in [4.69, 9.17) is 11.6 Å². The molecule has 7 heteroatoms. The van der Waals surface area contributed by atoms with Gasteiger partial charge < -0.3 is 5.32 Å². The van der Waals surface area contributed by atoms with Crippen molar-refractivity contribution >= 4 is 23.2 Å². The Labute approximate surface area is 108 Å². The highest BCUT2D eigenvalue weighted by molar-refractivity contribution is 6.20. The van der Waals surface area contributed by atoms with Crippen LogP contribution in [-0.4, -0.2) is 22.8 Å². The molecule has 0 aliphatic heterocycles. The minimum Gasteiger partial charge on any atom is -0.352 e. The second kappa shape index (κ2) is 6.30. The Morgan fingerprint density at radius 2 is 2.28 bits per heavy atom. The average Bonchev–Trinajstić information content (AvgIpc) is 2.27. The van der Waals surface area contributed by atoms with Crippen LogP contribution in [0.15, 0.2) is 18.2 Å². The maximum atomic E-state index is 13.5. The Balaban J connectivity index is 2.72. The Hall–Kier alpha value is -1.69. The molecule has 1 amide bonds. The zero-order chi connectivity index (χ0) is 13.7. The summed E-state index contributed by atoms with van der Waals surface area (Å²) in [6, 6.07) is 2.90. The smallest absolute Gasteiger partial charge is 0.272 e. The van der Waals surface area contributed by atoms with Crippen LogP contribution >= 0.6 is 11.6 Å². The van der Waals surface area contributed by atoms with Crippen molar-refractivity contribution in [2.24, 2.45) is 0 Å². The first-order valence-electron chi connectivity index (χ1n) is 5.28. The van der Waals surface area contributed by atoms with Gasteiger partial charge in [0.05, 0.1) is 16.6 Å². The Morgan fingerprint density at radius 3 is 2.78 bits per heavy atom. The molecule has 98 valence electrons. The molecule has 5 nitrogen and oxygen atoms in total. The fourth-order valence-electron chi connectivity index (χ4n) is 1.28. The molecule has 1 rings (SSSR count). The Bertz CT molecular complexity index is 466. The van der Waals surface area contributed by atoms with Crippen molar-refractivity contribution in [3.8, 4) is 0 Å².